The first-order chi connectivity index (χ1) is 14.7. The number of benzene rings is 2. The fourth-order valence-corrected chi connectivity index (χ4v) is 3.69. The predicted molar refractivity (Wildman–Crippen MR) is 117 cm³/mol. The number of carbonyl (C=O) groups excluding carboxylic acids is 2. The van der Waals surface area contributed by atoms with Crippen LogP contribution < -0.4 is 20.4 Å². The Labute approximate surface area is 179 Å². The number of nitrogens with zero attached hydrogens (tertiary/aromatic N) is 2. The van der Waals surface area contributed by atoms with Crippen LogP contribution in [0.1, 0.15) is 5.56 Å². The molecule has 1 unspecified atom stereocenters. The summed E-state index contributed by atoms with van der Waals surface area (Å²) in [6.45, 7) is 1.88. The van der Waals surface area contributed by atoms with Crippen molar-refractivity contribution in [2.75, 3.05) is 29.5 Å². The van der Waals surface area contributed by atoms with Gasteiger partial charge in [0.15, 0.2) is 6.23 Å². The normalized spacial score (nSPS) is 20.8. The topological polar surface area (TPSA) is 83.1 Å². The van der Waals surface area contributed by atoms with Crippen LogP contribution in [-0.2, 0) is 16.0 Å². The van der Waals surface area contributed by atoms with E-state index in [1.54, 1.807) is 34.1 Å². The predicted octanol–water partition coefficient (Wildman–Crippen LogP) is 2.63. The van der Waals surface area contributed by atoms with Gasteiger partial charge in [0.25, 0.3) is 0 Å². The molecular weight excluding hydrogens is 404 g/mol. The number of anilines is 2. The fraction of sp³-hybridized carbons (Fsp3) is 0.286. The van der Waals surface area contributed by atoms with Crippen molar-refractivity contribution in [3.8, 4) is 0 Å². The first-order valence-corrected chi connectivity index (χ1v) is 10.1. The minimum absolute atomic E-state index is 0.303. The monoisotopic (exact) mass is 426 g/mol. The Balaban J connectivity index is 1.50. The van der Waals surface area contributed by atoms with E-state index in [2.05, 4.69) is 10.6 Å². The van der Waals surface area contributed by atoms with Gasteiger partial charge >= 0.3 is 12.2 Å². The second kappa shape index (κ2) is 9.10. The van der Waals surface area contributed by atoms with Crippen LogP contribution in [0.15, 0.2) is 54.6 Å². The van der Waals surface area contributed by atoms with E-state index in [0.717, 1.165) is 11.3 Å². The van der Waals surface area contributed by atoms with Crippen molar-refractivity contribution in [1.82, 2.24) is 10.6 Å². The van der Waals surface area contributed by atoms with E-state index in [1.807, 2.05) is 30.3 Å². The number of nitrogens with one attached hydrogen (secondary N) is 2. The molecular formula is C21H22N4O4S. The van der Waals surface area contributed by atoms with Gasteiger partial charge in [-0.2, -0.15) is 0 Å². The summed E-state index contributed by atoms with van der Waals surface area (Å²) in [5, 5.41) is 6.31. The summed E-state index contributed by atoms with van der Waals surface area (Å²) in [5.74, 6) is 0. The number of carbonyl (C=O) groups is 2. The standard InChI is InChI=1S/C21H22N4O4S/c26-20-24(10-11-28-20)16-6-8-17(9-7-16)25-18(13-22-14-30)19(29-21(25)27)23-12-15-4-2-1-3-5-15/h1-9,14,18-19,23H,10-13H2,(H,22,30)/t18?,19-/m0/s1. The van der Waals surface area contributed by atoms with Crippen molar-refractivity contribution in [2.45, 2.75) is 18.8 Å². The summed E-state index contributed by atoms with van der Waals surface area (Å²) in [7, 11) is 0. The van der Waals surface area contributed by atoms with Crippen LogP contribution in [0.25, 0.3) is 0 Å². The summed E-state index contributed by atoms with van der Waals surface area (Å²) in [6, 6.07) is 16.8. The maximum atomic E-state index is 12.7. The minimum atomic E-state index is -0.506. The minimum Gasteiger partial charge on any atom is -0.447 e. The van der Waals surface area contributed by atoms with Crippen molar-refractivity contribution in [2.24, 2.45) is 0 Å². The lowest BCUT2D eigenvalue weighted by Gasteiger charge is -2.25. The number of ether oxygens (including phenoxy) is 2. The average Bonchev–Trinajstić information content (AvgIpc) is 3.34. The molecule has 2 atom stereocenters. The summed E-state index contributed by atoms with van der Waals surface area (Å²) >= 11 is 4.89. The molecule has 4 rings (SSSR count). The van der Waals surface area contributed by atoms with Crippen molar-refractivity contribution in [3.63, 3.8) is 0 Å². The van der Waals surface area contributed by atoms with E-state index in [9.17, 15) is 9.59 Å². The van der Waals surface area contributed by atoms with Crippen LogP contribution in [0.3, 0.4) is 0 Å². The Morgan fingerprint density at radius 1 is 1.03 bits per heavy atom. The maximum absolute atomic E-state index is 12.7. The number of amides is 2. The number of rotatable bonds is 8. The van der Waals surface area contributed by atoms with Crippen LogP contribution >= 0.6 is 12.2 Å². The molecule has 2 saturated heterocycles. The van der Waals surface area contributed by atoms with Gasteiger partial charge in [-0.3, -0.25) is 15.1 Å². The third-order valence-electron chi connectivity index (χ3n) is 5.07. The zero-order valence-corrected chi connectivity index (χ0v) is 17.0. The lowest BCUT2D eigenvalue weighted by Crippen LogP contribution is -2.48. The molecule has 2 aromatic carbocycles. The molecule has 0 spiro atoms. The van der Waals surface area contributed by atoms with Gasteiger partial charge in [-0.25, -0.2) is 9.59 Å². The van der Waals surface area contributed by atoms with Gasteiger partial charge in [-0.05, 0) is 29.8 Å². The Kier molecular flexibility index (Phi) is 6.10. The van der Waals surface area contributed by atoms with Crippen LogP contribution in [0.5, 0.6) is 0 Å². The summed E-state index contributed by atoms with van der Waals surface area (Å²) in [4.78, 5) is 27.6. The molecule has 2 fully saturated rings. The van der Waals surface area contributed by atoms with E-state index in [-0.39, 0.29) is 12.1 Å². The molecule has 8 nitrogen and oxygen atoms in total. The quantitative estimate of drug-likeness (QED) is 0.628. The van der Waals surface area contributed by atoms with Gasteiger partial charge < -0.3 is 14.8 Å². The molecule has 2 aliphatic rings. The van der Waals surface area contributed by atoms with Gasteiger partial charge in [0.1, 0.15) is 12.6 Å². The van der Waals surface area contributed by atoms with Crippen LogP contribution in [0.2, 0.25) is 0 Å². The first kappa shape index (κ1) is 20.1. The number of hydrogen-bond acceptors (Lipinski definition) is 6. The molecule has 0 bridgehead atoms. The zero-order valence-electron chi connectivity index (χ0n) is 16.2. The molecule has 2 amide bonds. The molecule has 30 heavy (non-hydrogen) atoms. The Morgan fingerprint density at radius 3 is 2.43 bits per heavy atom. The largest absolute Gasteiger partial charge is 0.447 e. The molecule has 156 valence electrons. The van der Waals surface area contributed by atoms with Crippen molar-refractivity contribution in [1.29, 1.82) is 0 Å². The Morgan fingerprint density at radius 2 is 1.77 bits per heavy atom. The van der Waals surface area contributed by atoms with Crippen molar-refractivity contribution in [3.05, 3.63) is 60.2 Å². The molecule has 2 aromatic rings. The maximum Gasteiger partial charge on any atom is 0.416 e. The molecule has 2 N–H and O–H groups in total. The lowest BCUT2D eigenvalue weighted by molar-refractivity contribution is 0.109. The first-order valence-electron chi connectivity index (χ1n) is 9.66. The molecule has 0 aromatic heterocycles. The SMILES string of the molecule is O=C1OCCN1c1ccc(N2C(=O)O[C@H](NCc3ccccc3)C2CNC=S)cc1. The highest BCUT2D eigenvalue weighted by molar-refractivity contribution is 7.78. The van der Waals surface area contributed by atoms with E-state index in [4.69, 9.17) is 21.7 Å². The molecule has 9 heteroatoms. The third kappa shape index (κ3) is 4.22. The van der Waals surface area contributed by atoms with Crippen LogP contribution in [0, 0.1) is 0 Å². The molecule has 0 radical (unpaired) electrons. The molecule has 2 heterocycles. The third-order valence-corrected chi connectivity index (χ3v) is 5.23. The second-order valence-corrected chi connectivity index (χ2v) is 7.15. The Bertz CT molecular complexity index is 909. The highest BCUT2D eigenvalue weighted by Gasteiger charge is 2.42. The van der Waals surface area contributed by atoms with Gasteiger partial charge in [0, 0.05) is 24.5 Å². The highest BCUT2D eigenvalue weighted by Crippen LogP contribution is 2.29. The smallest absolute Gasteiger partial charge is 0.416 e. The van der Waals surface area contributed by atoms with Gasteiger partial charge in [-0.1, -0.05) is 42.5 Å². The molecule has 0 aliphatic carbocycles. The van der Waals surface area contributed by atoms with Gasteiger partial charge in [0.05, 0.1) is 12.0 Å². The summed E-state index contributed by atoms with van der Waals surface area (Å²) < 4.78 is 10.6. The van der Waals surface area contributed by atoms with E-state index in [0.29, 0.717) is 31.9 Å². The van der Waals surface area contributed by atoms with Crippen molar-refractivity contribution < 1.29 is 19.1 Å². The molecule has 0 saturated carbocycles. The molecule has 2 aliphatic heterocycles. The average molecular weight is 426 g/mol. The lowest BCUT2D eigenvalue weighted by atomic mass is 10.1. The zero-order chi connectivity index (χ0) is 20.9. The summed E-state index contributed by atoms with van der Waals surface area (Å²) in [5.41, 5.74) is 3.92. The van der Waals surface area contributed by atoms with Gasteiger partial charge in [0.2, 0.25) is 0 Å². The fourth-order valence-electron chi connectivity index (χ4n) is 3.59. The number of thiocarbonyl (C=S) groups is 1. The summed E-state index contributed by atoms with van der Waals surface area (Å²) in [6.07, 6.45) is -1.31. The van der Waals surface area contributed by atoms with Crippen LogP contribution in [0.4, 0.5) is 21.0 Å². The van der Waals surface area contributed by atoms with Crippen LogP contribution in [-0.4, -0.2) is 49.6 Å². The van der Waals surface area contributed by atoms with Crippen molar-refractivity contribution >= 4 is 41.3 Å². The second-order valence-electron chi connectivity index (χ2n) is 6.92. The highest BCUT2D eigenvalue weighted by atomic mass is 32.1. The number of hydrogen-bond donors (Lipinski definition) is 2. The van der Waals surface area contributed by atoms with E-state index < -0.39 is 12.3 Å². The van der Waals surface area contributed by atoms with E-state index in [1.165, 1.54) is 5.49 Å². The number of cyclic esters (lactones) is 2. The Hall–Kier alpha value is -3.17. The van der Waals surface area contributed by atoms with Gasteiger partial charge in [-0.15, -0.1) is 0 Å². The van der Waals surface area contributed by atoms with E-state index >= 15 is 0 Å².